The third-order valence-corrected chi connectivity index (χ3v) is 3.06. The highest BCUT2D eigenvalue weighted by molar-refractivity contribution is 5.90. The quantitative estimate of drug-likeness (QED) is 0.860. The zero-order valence-electron chi connectivity index (χ0n) is 12.3. The number of carbonyl (C=O) groups excluding carboxylic acids is 1. The van der Waals surface area contributed by atoms with E-state index in [0.29, 0.717) is 30.1 Å². The Morgan fingerprint density at radius 2 is 2.19 bits per heavy atom. The van der Waals surface area contributed by atoms with Gasteiger partial charge < -0.3 is 10.1 Å². The molecule has 0 aliphatic rings. The number of ether oxygens (including phenoxy) is 1. The van der Waals surface area contributed by atoms with Crippen molar-refractivity contribution in [2.45, 2.75) is 20.4 Å². The number of halogens is 1. The molecule has 5 nitrogen and oxygen atoms in total. The summed E-state index contributed by atoms with van der Waals surface area (Å²) in [4.78, 5) is 11.8. The normalized spacial score (nSPS) is 10.5. The van der Waals surface area contributed by atoms with E-state index in [4.69, 9.17) is 4.74 Å². The molecular formula is C15H18FN3O2. The van der Waals surface area contributed by atoms with E-state index in [9.17, 15) is 9.18 Å². The number of nitrogens with one attached hydrogen (secondary N) is 1. The molecule has 0 unspecified atom stereocenters. The van der Waals surface area contributed by atoms with Gasteiger partial charge in [0.25, 0.3) is 0 Å². The van der Waals surface area contributed by atoms with Crippen LogP contribution in [-0.2, 0) is 18.3 Å². The molecule has 21 heavy (non-hydrogen) atoms. The molecule has 1 N–H and O–H groups in total. The van der Waals surface area contributed by atoms with Gasteiger partial charge in [0.1, 0.15) is 11.4 Å². The van der Waals surface area contributed by atoms with Crippen molar-refractivity contribution in [3.05, 3.63) is 47.0 Å². The Morgan fingerprint density at radius 3 is 2.86 bits per heavy atom. The van der Waals surface area contributed by atoms with E-state index in [1.165, 1.54) is 18.3 Å². The standard InChI is InChI=1S/C15H18FN3O2/c1-4-21-15(20)13-8-18-19(3)14(13)9-17-12-6-10(2)5-11(16)7-12/h5-8,17H,4,9H2,1-3H3. The van der Waals surface area contributed by atoms with Crippen molar-refractivity contribution in [1.82, 2.24) is 9.78 Å². The van der Waals surface area contributed by atoms with E-state index in [0.717, 1.165) is 5.56 Å². The molecule has 1 aromatic heterocycles. The number of hydrogen-bond donors (Lipinski definition) is 1. The lowest BCUT2D eigenvalue weighted by molar-refractivity contribution is 0.0525. The molecule has 0 saturated heterocycles. The predicted octanol–water partition coefficient (Wildman–Crippen LogP) is 2.66. The Kier molecular flexibility index (Phi) is 4.57. The Balaban J connectivity index is 2.16. The summed E-state index contributed by atoms with van der Waals surface area (Å²) >= 11 is 0. The first-order valence-corrected chi connectivity index (χ1v) is 6.70. The van der Waals surface area contributed by atoms with Crippen LogP contribution in [-0.4, -0.2) is 22.4 Å². The van der Waals surface area contributed by atoms with Crippen LogP contribution >= 0.6 is 0 Å². The van der Waals surface area contributed by atoms with Gasteiger partial charge in [0.15, 0.2) is 0 Å². The average Bonchev–Trinajstić information content (AvgIpc) is 2.77. The minimum atomic E-state index is -0.405. The van der Waals surface area contributed by atoms with Crippen LogP contribution in [0.2, 0.25) is 0 Å². The molecule has 2 rings (SSSR count). The molecule has 0 aliphatic heterocycles. The van der Waals surface area contributed by atoms with Crippen LogP contribution in [0.3, 0.4) is 0 Å². The number of anilines is 1. The topological polar surface area (TPSA) is 56.1 Å². The predicted molar refractivity (Wildman–Crippen MR) is 77.6 cm³/mol. The molecule has 0 aliphatic carbocycles. The van der Waals surface area contributed by atoms with Gasteiger partial charge >= 0.3 is 5.97 Å². The monoisotopic (exact) mass is 291 g/mol. The summed E-state index contributed by atoms with van der Waals surface area (Å²) < 4.78 is 19.9. The molecule has 0 fully saturated rings. The van der Waals surface area contributed by atoms with E-state index in [-0.39, 0.29) is 5.82 Å². The molecule has 1 aromatic carbocycles. The molecule has 0 atom stereocenters. The molecule has 0 bridgehead atoms. The van der Waals surface area contributed by atoms with Gasteiger partial charge in [0, 0.05) is 12.7 Å². The van der Waals surface area contributed by atoms with Crippen LogP contribution < -0.4 is 5.32 Å². The number of carbonyl (C=O) groups is 1. The number of benzene rings is 1. The van der Waals surface area contributed by atoms with E-state index in [1.807, 2.05) is 13.0 Å². The van der Waals surface area contributed by atoms with Crippen molar-refractivity contribution in [3.63, 3.8) is 0 Å². The van der Waals surface area contributed by atoms with Crippen LogP contribution in [0.5, 0.6) is 0 Å². The van der Waals surface area contributed by atoms with Crippen LogP contribution in [0.4, 0.5) is 10.1 Å². The van der Waals surface area contributed by atoms with Gasteiger partial charge in [0.05, 0.1) is 25.0 Å². The second-order valence-corrected chi connectivity index (χ2v) is 4.72. The molecule has 0 radical (unpaired) electrons. The van der Waals surface area contributed by atoms with Crippen molar-refractivity contribution in [2.75, 3.05) is 11.9 Å². The first-order chi connectivity index (χ1) is 10.0. The number of aromatic nitrogens is 2. The largest absolute Gasteiger partial charge is 0.462 e. The molecule has 112 valence electrons. The van der Waals surface area contributed by atoms with Crippen molar-refractivity contribution in [3.8, 4) is 0 Å². The number of nitrogens with zero attached hydrogens (tertiary/aromatic N) is 2. The Hall–Kier alpha value is -2.37. The Labute approximate surface area is 122 Å². The second kappa shape index (κ2) is 6.39. The van der Waals surface area contributed by atoms with Crippen molar-refractivity contribution >= 4 is 11.7 Å². The number of hydrogen-bond acceptors (Lipinski definition) is 4. The van der Waals surface area contributed by atoms with Crippen molar-refractivity contribution < 1.29 is 13.9 Å². The fourth-order valence-electron chi connectivity index (χ4n) is 2.08. The van der Waals surface area contributed by atoms with Gasteiger partial charge in [-0.2, -0.15) is 5.10 Å². The van der Waals surface area contributed by atoms with Gasteiger partial charge in [0.2, 0.25) is 0 Å². The van der Waals surface area contributed by atoms with Gasteiger partial charge in [-0.05, 0) is 37.6 Å². The smallest absolute Gasteiger partial charge is 0.341 e. The van der Waals surface area contributed by atoms with Crippen LogP contribution in [0.25, 0.3) is 0 Å². The third-order valence-electron chi connectivity index (χ3n) is 3.06. The molecular weight excluding hydrogens is 273 g/mol. The van der Waals surface area contributed by atoms with Crippen LogP contribution in [0.15, 0.2) is 24.4 Å². The first kappa shape index (κ1) is 15.0. The summed E-state index contributed by atoms with van der Waals surface area (Å²) in [6.45, 7) is 4.24. The number of rotatable bonds is 5. The third kappa shape index (κ3) is 3.59. The maximum absolute atomic E-state index is 13.3. The summed E-state index contributed by atoms with van der Waals surface area (Å²) in [6, 6.07) is 4.70. The minimum Gasteiger partial charge on any atom is -0.462 e. The summed E-state index contributed by atoms with van der Waals surface area (Å²) in [7, 11) is 1.75. The lowest BCUT2D eigenvalue weighted by Crippen LogP contribution is -2.12. The summed E-state index contributed by atoms with van der Waals surface area (Å²) in [5, 5.41) is 7.17. The molecule has 0 amide bonds. The second-order valence-electron chi connectivity index (χ2n) is 4.72. The fourth-order valence-corrected chi connectivity index (χ4v) is 2.08. The Bertz CT molecular complexity index is 632. The van der Waals surface area contributed by atoms with Gasteiger partial charge in [-0.1, -0.05) is 0 Å². The molecule has 2 aromatic rings. The highest BCUT2D eigenvalue weighted by Crippen LogP contribution is 2.16. The molecule has 0 spiro atoms. The minimum absolute atomic E-state index is 0.298. The van der Waals surface area contributed by atoms with Gasteiger partial charge in [-0.3, -0.25) is 4.68 Å². The summed E-state index contributed by atoms with van der Waals surface area (Å²) in [5.74, 6) is -0.703. The zero-order valence-corrected chi connectivity index (χ0v) is 12.3. The van der Waals surface area contributed by atoms with Crippen molar-refractivity contribution in [1.29, 1.82) is 0 Å². The molecule has 1 heterocycles. The first-order valence-electron chi connectivity index (χ1n) is 6.70. The van der Waals surface area contributed by atoms with Crippen molar-refractivity contribution in [2.24, 2.45) is 7.05 Å². The highest BCUT2D eigenvalue weighted by Gasteiger charge is 2.16. The summed E-state index contributed by atoms with van der Waals surface area (Å²) in [6.07, 6.45) is 1.48. The maximum Gasteiger partial charge on any atom is 0.341 e. The van der Waals surface area contributed by atoms with Crippen LogP contribution in [0, 0.1) is 12.7 Å². The van der Waals surface area contributed by atoms with E-state index in [2.05, 4.69) is 10.4 Å². The number of esters is 1. The lowest BCUT2D eigenvalue weighted by Gasteiger charge is -2.10. The zero-order chi connectivity index (χ0) is 15.4. The molecule has 6 heteroatoms. The Morgan fingerprint density at radius 1 is 1.43 bits per heavy atom. The van der Waals surface area contributed by atoms with E-state index < -0.39 is 5.97 Å². The lowest BCUT2D eigenvalue weighted by atomic mass is 10.2. The SMILES string of the molecule is CCOC(=O)c1cnn(C)c1CNc1cc(C)cc(F)c1. The number of aryl methyl sites for hydroxylation is 2. The van der Waals surface area contributed by atoms with Gasteiger partial charge in [-0.25, -0.2) is 9.18 Å². The fraction of sp³-hybridized carbons (Fsp3) is 0.333. The van der Waals surface area contributed by atoms with Crippen LogP contribution in [0.1, 0.15) is 28.5 Å². The average molecular weight is 291 g/mol. The highest BCUT2D eigenvalue weighted by atomic mass is 19.1. The summed E-state index contributed by atoms with van der Waals surface area (Å²) in [5.41, 5.74) is 2.59. The van der Waals surface area contributed by atoms with Gasteiger partial charge in [-0.15, -0.1) is 0 Å². The van der Waals surface area contributed by atoms with E-state index >= 15 is 0 Å². The maximum atomic E-state index is 13.3. The molecule has 0 saturated carbocycles. The van der Waals surface area contributed by atoms with E-state index in [1.54, 1.807) is 18.7 Å².